The van der Waals surface area contributed by atoms with Crippen LogP contribution in [0.1, 0.15) is 53.6 Å². The predicted octanol–water partition coefficient (Wildman–Crippen LogP) is 2.61. The Kier molecular flexibility index (Phi) is 6.54. The second-order valence-electron chi connectivity index (χ2n) is 11.7. The number of aromatic nitrogens is 2. The van der Waals surface area contributed by atoms with Gasteiger partial charge in [-0.05, 0) is 37.4 Å². The first-order valence-corrected chi connectivity index (χ1v) is 14.3. The first kappa shape index (κ1) is 25.9. The Morgan fingerprint density at radius 2 is 2.08 bits per heavy atom. The van der Waals surface area contributed by atoms with Crippen LogP contribution in [0.15, 0.2) is 12.1 Å². The molecule has 11 heteroatoms. The van der Waals surface area contributed by atoms with Gasteiger partial charge < -0.3 is 29.6 Å². The van der Waals surface area contributed by atoms with Crippen LogP contribution in [0.4, 0.5) is 15.9 Å². The highest BCUT2D eigenvalue weighted by Gasteiger charge is 2.50. The maximum absolute atomic E-state index is 14.4. The lowest BCUT2D eigenvalue weighted by Gasteiger charge is -2.43. The van der Waals surface area contributed by atoms with Gasteiger partial charge in [-0.2, -0.15) is 15.2 Å². The Morgan fingerprint density at radius 1 is 1.15 bits per heavy atom. The van der Waals surface area contributed by atoms with Crippen molar-refractivity contribution in [2.24, 2.45) is 0 Å². The molecule has 1 spiro atoms. The van der Waals surface area contributed by atoms with E-state index in [0.29, 0.717) is 76.2 Å². The van der Waals surface area contributed by atoms with Crippen molar-refractivity contribution < 1.29 is 23.3 Å². The van der Waals surface area contributed by atoms with Crippen LogP contribution in [0.25, 0.3) is 0 Å². The van der Waals surface area contributed by atoms with Crippen LogP contribution in [0.3, 0.4) is 0 Å². The summed E-state index contributed by atoms with van der Waals surface area (Å²) in [6, 6.07) is 6.26. The van der Waals surface area contributed by atoms with Crippen LogP contribution in [0.5, 0.6) is 6.01 Å². The molecule has 40 heavy (non-hydrogen) atoms. The quantitative estimate of drug-likeness (QED) is 0.569. The lowest BCUT2D eigenvalue weighted by molar-refractivity contribution is -0.136. The van der Waals surface area contributed by atoms with E-state index >= 15 is 0 Å². The Labute approximate surface area is 233 Å². The van der Waals surface area contributed by atoms with Gasteiger partial charge in [0, 0.05) is 55.9 Å². The fraction of sp³-hybridized carbons (Fsp3) is 0.621. The van der Waals surface area contributed by atoms with Gasteiger partial charge >= 0.3 is 6.01 Å². The highest BCUT2D eigenvalue weighted by atomic mass is 19.1. The Balaban J connectivity index is 1.27. The van der Waals surface area contributed by atoms with Crippen LogP contribution in [-0.2, 0) is 39.4 Å². The number of nitrogens with two attached hydrogens (primary N) is 1. The van der Waals surface area contributed by atoms with Crippen molar-refractivity contribution in [1.82, 2.24) is 14.9 Å². The minimum atomic E-state index is -0.889. The van der Waals surface area contributed by atoms with Gasteiger partial charge in [-0.1, -0.05) is 6.07 Å². The van der Waals surface area contributed by atoms with E-state index in [2.05, 4.69) is 15.9 Å². The number of nitrogen functional groups attached to an aromatic ring is 1. The predicted molar refractivity (Wildman–Crippen MR) is 144 cm³/mol. The first-order chi connectivity index (χ1) is 19.5. The van der Waals surface area contributed by atoms with Crippen LogP contribution < -0.4 is 15.4 Å². The maximum atomic E-state index is 14.4. The van der Waals surface area contributed by atoms with E-state index in [1.54, 1.807) is 6.07 Å². The summed E-state index contributed by atoms with van der Waals surface area (Å²) in [5.74, 6) is 0.793. The van der Waals surface area contributed by atoms with Crippen molar-refractivity contribution in [2.75, 3.05) is 63.2 Å². The van der Waals surface area contributed by atoms with Crippen molar-refractivity contribution >= 4 is 11.5 Å². The van der Waals surface area contributed by atoms with Gasteiger partial charge in [-0.15, -0.1) is 0 Å². The van der Waals surface area contributed by atoms with Crippen LogP contribution >= 0.6 is 0 Å². The molecule has 3 saturated heterocycles. The molecule has 0 unspecified atom stereocenters. The number of fused-ring (bicyclic) bond motifs is 4. The number of nitriles is 1. The van der Waals surface area contributed by atoms with E-state index in [1.807, 2.05) is 6.07 Å². The average Bonchev–Trinajstić information content (AvgIpc) is 3.33. The molecule has 0 bridgehead atoms. The molecule has 212 valence electrons. The van der Waals surface area contributed by atoms with Gasteiger partial charge in [0.1, 0.15) is 30.3 Å². The number of halogens is 1. The molecule has 6 heterocycles. The first-order valence-electron chi connectivity index (χ1n) is 14.3. The van der Waals surface area contributed by atoms with Crippen LogP contribution in [-0.4, -0.2) is 79.2 Å². The van der Waals surface area contributed by atoms with E-state index in [-0.39, 0.29) is 12.1 Å². The molecular weight excluding hydrogens is 515 g/mol. The van der Waals surface area contributed by atoms with Gasteiger partial charge in [0.15, 0.2) is 0 Å². The van der Waals surface area contributed by atoms with Crippen molar-refractivity contribution in [3.8, 4) is 12.1 Å². The Hall–Kier alpha value is -3.04. The zero-order chi connectivity index (χ0) is 27.3. The highest BCUT2D eigenvalue weighted by molar-refractivity contribution is 5.63. The molecule has 0 amide bonds. The number of hydrogen-bond donors (Lipinski definition) is 1. The Morgan fingerprint density at radius 3 is 2.98 bits per heavy atom. The monoisotopic (exact) mass is 550 g/mol. The third-order valence-electron chi connectivity index (χ3n) is 9.23. The summed E-state index contributed by atoms with van der Waals surface area (Å²) < 4.78 is 39.1. The normalized spacial score (nSPS) is 29.9. The molecule has 1 aromatic heterocycles. The highest BCUT2D eigenvalue weighted by Crippen LogP contribution is 2.46. The number of anilines is 2. The molecule has 3 atom stereocenters. The van der Waals surface area contributed by atoms with Gasteiger partial charge in [-0.3, -0.25) is 4.90 Å². The largest absolute Gasteiger partial charge is 0.461 e. The average molecular weight is 551 g/mol. The maximum Gasteiger partial charge on any atom is 0.318 e. The molecule has 2 N–H and O–H groups in total. The summed E-state index contributed by atoms with van der Waals surface area (Å²) in [5, 5.41) is 10.0. The number of nitrogens with zero attached hydrogens (tertiary/aromatic N) is 5. The molecule has 0 saturated carbocycles. The van der Waals surface area contributed by atoms with E-state index < -0.39 is 11.8 Å². The van der Waals surface area contributed by atoms with E-state index in [1.165, 1.54) is 0 Å². The molecule has 10 nitrogen and oxygen atoms in total. The number of ether oxygens (including phenoxy) is 4. The summed E-state index contributed by atoms with van der Waals surface area (Å²) in [6.45, 7) is 5.52. The lowest BCUT2D eigenvalue weighted by atomic mass is 9.79. The molecule has 7 rings (SSSR count). The summed E-state index contributed by atoms with van der Waals surface area (Å²) in [4.78, 5) is 14.3. The lowest BCUT2D eigenvalue weighted by Crippen LogP contribution is -2.45. The van der Waals surface area contributed by atoms with E-state index in [4.69, 9.17) is 34.6 Å². The van der Waals surface area contributed by atoms with Gasteiger partial charge in [0.25, 0.3) is 0 Å². The third-order valence-corrected chi connectivity index (χ3v) is 9.23. The van der Waals surface area contributed by atoms with Gasteiger partial charge in [0.2, 0.25) is 0 Å². The summed E-state index contributed by atoms with van der Waals surface area (Å²) in [6.07, 6.45) is 2.90. The smallest absolute Gasteiger partial charge is 0.318 e. The van der Waals surface area contributed by atoms with Crippen molar-refractivity contribution in [3.63, 3.8) is 0 Å². The van der Waals surface area contributed by atoms with Crippen molar-refractivity contribution in [3.05, 3.63) is 40.1 Å². The molecular formula is C29H35FN6O4. The minimum Gasteiger partial charge on any atom is -0.461 e. The Bertz CT molecular complexity index is 1340. The number of hydrogen-bond acceptors (Lipinski definition) is 10. The van der Waals surface area contributed by atoms with Crippen LogP contribution in [0.2, 0.25) is 0 Å². The minimum absolute atomic E-state index is 0.270. The van der Waals surface area contributed by atoms with E-state index in [9.17, 15) is 9.65 Å². The molecule has 5 aliphatic rings. The van der Waals surface area contributed by atoms with Gasteiger partial charge in [-0.25, -0.2) is 4.39 Å². The summed E-state index contributed by atoms with van der Waals surface area (Å²) in [5.41, 5.74) is 9.33. The molecule has 0 aliphatic carbocycles. The molecule has 2 aromatic rings. The zero-order valence-corrected chi connectivity index (χ0v) is 22.7. The van der Waals surface area contributed by atoms with Crippen molar-refractivity contribution in [2.45, 2.75) is 62.6 Å². The molecule has 5 aliphatic heterocycles. The van der Waals surface area contributed by atoms with Crippen LogP contribution in [0, 0.1) is 11.3 Å². The van der Waals surface area contributed by atoms with Gasteiger partial charge in [0.05, 0.1) is 43.2 Å². The van der Waals surface area contributed by atoms with Crippen molar-refractivity contribution in [1.29, 1.82) is 5.26 Å². The zero-order valence-electron chi connectivity index (χ0n) is 22.7. The fourth-order valence-electron chi connectivity index (χ4n) is 7.33. The second-order valence-corrected chi connectivity index (χ2v) is 11.7. The molecule has 0 radical (unpaired) electrons. The topological polar surface area (TPSA) is 119 Å². The number of alkyl halides is 1. The SMILES string of the molecule is N#Cc1c(N)ccc2c1[C@]1(COC2)Cc2nc(OC[C@@]34CCCN3C[C@H](F)C4)nc(N3CCCOCC3)c2CO1. The summed E-state index contributed by atoms with van der Waals surface area (Å²) >= 11 is 0. The van der Waals surface area contributed by atoms with E-state index in [0.717, 1.165) is 60.6 Å². The second kappa shape index (κ2) is 10.1. The number of rotatable bonds is 4. The standard InChI is InChI=1S/C29H35FN6O4/c30-20-11-28(5-1-7-36(28)14-20)17-39-27-33-24-12-29(18-38-15-19-3-4-23(32)21(13-31)25(19)29)40-16-22(24)26(34-27)35-6-2-9-37-10-8-35/h3-4,20H,1-2,5-12,14-18,32H2/t20-,28+,29-/m1/s1. The number of benzene rings is 1. The third kappa shape index (κ3) is 4.29. The molecule has 1 aromatic carbocycles. The summed E-state index contributed by atoms with van der Waals surface area (Å²) in [7, 11) is 0. The molecule has 3 fully saturated rings. The fourth-order valence-corrected chi connectivity index (χ4v) is 7.33.